The van der Waals surface area contributed by atoms with Crippen LogP contribution >= 0.6 is 11.3 Å². The monoisotopic (exact) mass is 254 g/mol. The maximum Gasteiger partial charge on any atom is 0.307 e. The Morgan fingerprint density at radius 2 is 2.00 bits per heavy atom. The Morgan fingerprint density at radius 3 is 2.53 bits per heavy atom. The van der Waals surface area contributed by atoms with Crippen molar-refractivity contribution in [3.05, 3.63) is 20.8 Å². The number of thiophene rings is 1. The van der Waals surface area contributed by atoms with Crippen LogP contribution in [-0.4, -0.2) is 20.4 Å². The number of aromatic nitrogens is 2. The van der Waals surface area contributed by atoms with Gasteiger partial charge in [-0.25, -0.2) is 0 Å². The average molecular weight is 254 g/mol. The van der Waals surface area contributed by atoms with Crippen molar-refractivity contribution in [1.29, 1.82) is 0 Å². The number of aryl methyl sites for hydroxylation is 2. The fourth-order valence-electron chi connectivity index (χ4n) is 2.00. The molecule has 6 heteroatoms. The lowest BCUT2D eigenvalue weighted by Gasteiger charge is -1.99. The number of fused-ring (bicyclic) bond motifs is 1. The van der Waals surface area contributed by atoms with E-state index in [1.807, 2.05) is 14.0 Å². The number of carbonyl (C=O) groups is 1. The first-order chi connectivity index (χ1) is 7.97. The molecule has 0 saturated heterocycles. The molecule has 0 spiro atoms. The van der Waals surface area contributed by atoms with Crippen molar-refractivity contribution in [2.45, 2.75) is 19.8 Å². The first-order valence-electron chi connectivity index (χ1n) is 5.35. The molecule has 0 aliphatic heterocycles. The maximum atomic E-state index is 12.0. The number of carboxylic acid groups (broad SMARTS) is 1. The van der Waals surface area contributed by atoms with E-state index in [1.54, 1.807) is 11.7 Å². The Hall–Kier alpha value is -1.56. The lowest BCUT2D eigenvalue weighted by molar-refractivity contribution is -0.136. The van der Waals surface area contributed by atoms with Crippen molar-refractivity contribution >= 4 is 27.5 Å². The molecule has 0 aliphatic carbocycles. The summed E-state index contributed by atoms with van der Waals surface area (Å²) in [6, 6.07) is 0. The Bertz CT molecular complexity index is 648. The highest BCUT2D eigenvalue weighted by atomic mass is 32.1. The number of carboxylic acids is 1. The topological polar surface area (TPSA) is 64.2 Å². The molecule has 0 aliphatic rings. The zero-order valence-corrected chi connectivity index (χ0v) is 10.8. The molecule has 0 saturated carbocycles. The summed E-state index contributed by atoms with van der Waals surface area (Å²) in [5, 5.41) is 9.49. The van der Waals surface area contributed by atoms with Crippen LogP contribution in [0.3, 0.4) is 0 Å². The van der Waals surface area contributed by atoms with Crippen molar-refractivity contribution in [3.8, 4) is 0 Å². The van der Waals surface area contributed by atoms with E-state index in [9.17, 15) is 9.59 Å². The van der Waals surface area contributed by atoms with Crippen molar-refractivity contribution < 1.29 is 9.90 Å². The van der Waals surface area contributed by atoms with Crippen LogP contribution in [0.4, 0.5) is 0 Å². The Morgan fingerprint density at radius 1 is 1.35 bits per heavy atom. The van der Waals surface area contributed by atoms with Gasteiger partial charge in [0.25, 0.3) is 5.56 Å². The van der Waals surface area contributed by atoms with Crippen molar-refractivity contribution in [2.24, 2.45) is 14.1 Å². The minimum Gasteiger partial charge on any atom is -0.481 e. The molecule has 0 unspecified atom stereocenters. The lowest BCUT2D eigenvalue weighted by atomic mass is 10.1. The number of hydrogen-bond donors (Lipinski definition) is 1. The molecule has 0 radical (unpaired) electrons. The van der Waals surface area contributed by atoms with E-state index < -0.39 is 5.97 Å². The van der Waals surface area contributed by atoms with Crippen LogP contribution in [0.2, 0.25) is 0 Å². The fourth-order valence-corrected chi connectivity index (χ4v) is 3.25. The van der Waals surface area contributed by atoms with Crippen LogP contribution in [0.25, 0.3) is 10.2 Å². The van der Waals surface area contributed by atoms with Gasteiger partial charge in [-0.15, -0.1) is 11.3 Å². The van der Waals surface area contributed by atoms with E-state index in [2.05, 4.69) is 0 Å². The highest BCUT2D eigenvalue weighted by Crippen LogP contribution is 2.30. The zero-order chi connectivity index (χ0) is 12.7. The molecular weight excluding hydrogens is 240 g/mol. The van der Waals surface area contributed by atoms with Crippen molar-refractivity contribution in [1.82, 2.24) is 9.36 Å². The van der Waals surface area contributed by atoms with Gasteiger partial charge >= 0.3 is 5.97 Å². The molecule has 92 valence electrons. The summed E-state index contributed by atoms with van der Waals surface area (Å²) in [4.78, 5) is 24.8. The number of hydrogen-bond acceptors (Lipinski definition) is 3. The quantitative estimate of drug-likeness (QED) is 0.893. The summed E-state index contributed by atoms with van der Waals surface area (Å²) >= 11 is 1.51. The van der Waals surface area contributed by atoms with Gasteiger partial charge in [0.1, 0.15) is 4.83 Å². The molecule has 2 aromatic heterocycles. The lowest BCUT2D eigenvalue weighted by Crippen LogP contribution is -2.18. The second-order valence-electron chi connectivity index (χ2n) is 3.96. The Labute approximate surface area is 102 Å². The SMILES string of the molecule is CCc1sc2c(c1CC(=O)O)c(=O)n(C)n2C. The summed E-state index contributed by atoms with van der Waals surface area (Å²) in [5.41, 5.74) is 0.566. The Kier molecular flexibility index (Phi) is 2.82. The van der Waals surface area contributed by atoms with E-state index in [0.717, 1.165) is 16.1 Å². The molecule has 2 aromatic rings. The minimum absolute atomic E-state index is 0.0809. The van der Waals surface area contributed by atoms with E-state index in [4.69, 9.17) is 5.11 Å². The van der Waals surface area contributed by atoms with Gasteiger partial charge in [0.2, 0.25) is 0 Å². The van der Waals surface area contributed by atoms with Gasteiger partial charge in [-0.1, -0.05) is 6.92 Å². The third-order valence-electron chi connectivity index (χ3n) is 2.97. The maximum absolute atomic E-state index is 12.0. The van der Waals surface area contributed by atoms with Crippen molar-refractivity contribution in [3.63, 3.8) is 0 Å². The highest BCUT2D eigenvalue weighted by molar-refractivity contribution is 7.18. The molecule has 0 bridgehead atoms. The highest BCUT2D eigenvalue weighted by Gasteiger charge is 2.20. The first kappa shape index (κ1) is 11.9. The largest absolute Gasteiger partial charge is 0.481 e. The second kappa shape index (κ2) is 4.03. The van der Waals surface area contributed by atoms with Crippen molar-refractivity contribution in [2.75, 3.05) is 0 Å². The summed E-state index contributed by atoms with van der Waals surface area (Å²) in [6.07, 6.45) is 0.674. The summed E-state index contributed by atoms with van der Waals surface area (Å²) in [7, 11) is 3.50. The van der Waals surface area contributed by atoms with Gasteiger partial charge in [0, 0.05) is 19.0 Å². The van der Waals surface area contributed by atoms with Gasteiger partial charge in [-0.05, 0) is 12.0 Å². The molecule has 17 heavy (non-hydrogen) atoms. The summed E-state index contributed by atoms with van der Waals surface area (Å²) in [6.45, 7) is 1.97. The molecule has 5 nitrogen and oxygen atoms in total. The van der Waals surface area contributed by atoms with E-state index >= 15 is 0 Å². The summed E-state index contributed by atoms with van der Waals surface area (Å²) in [5.74, 6) is -0.898. The van der Waals surface area contributed by atoms with E-state index in [1.165, 1.54) is 16.0 Å². The molecule has 2 heterocycles. The first-order valence-corrected chi connectivity index (χ1v) is 6.17. The third kappa shape index (κ3) is 1.68. The Balaban J connectivity index is 2.82. The second-order valence-corrected chi connectivity index (χ2v) is 5.04. The van der Waals surface area contributed by atoms with Crippen LogP contribution in [0.15, 0.2) is 4.79 Å². The van der Waals surface area contributed by atoms with Crippen LogP contribution in [0.5, 0.6) is 0 Å². The van der Waals surface area contributed by atoms with Gasteiger partial charge < -0.3 is 5.11 Å². The standard InChI is InChI=1S/C11H14N2O3S/c1-4-7-6(5-8(14)15)9-10(16)12(2)13(3)11(9)17-7/h4-5H2,1-3H3,(H,14,15). The molecule has 2 rings (SSSR count). The van der Waals surface area contributed by atoms with Gasteiger partial charge in [-0.2, -0.15) is 0 Å². The zero-order valence-electron chi connectivity index (χ0n) is 9.98. The fraction of sp³-hybridized carbons (Fsp3) is 0.455. The molecule has 0 atom stereocenters. The van der Waals surface area contributed by atoms with Crippen LogP contribution in [-0.2, 0) is 31.7 Å². The molecule has 0 amide bonds. The van der Waals surface area contributed by atoms with E-state index in [-0.39, 0.29) is 12.0 Å². The third-order valence-corrected chi connectivity index (χ3v) is 4.42. The van der Waals surface area contributed by atoms with E-state index in [0.29, 0.717) is 10.9 Å². The molecule has 0 aromatic carbocycles. The summed E-state index contributed by atoms with van der Waals surface area (Å²) < 4.78 is 3.28. The predicted molar refractivity (Wildman–Crippen MR) is 66.8 cm³/mol. The van der Waals surface area contributed by atoms with Gasteiger partial charge in [0.05, 0.1) is 11.8 Å². The van der Waals surface area contributed by atoms with Gasteiger partial charge in [-0.3, -0.25) is 19.0 Å². The normalized spacial score (nSPS) is 11.2. The minimum atomic E-state index is -0.898. The molecule has 1 N–H and O–H groups in total. The molecular formula is C11H14N2O3S. The average Bonchev–Trinajstić information content (AvgIpc) is 2.72. The predicted octanol–water partition coefficient (Wildman–Crippen LogP) is 1.13. The number of nitrogens with zero attached hydrogens (tertiary/aromatic N) is 2. The number of aliphatic carboxylic acids is 1. The smallest absolute Gasteiger partial charge is 0.307 e. The van der Waals surface area contributed by atoms with Crippen LogP contribution < -0.4 is 5.56 Å². The van der Waals surface area contributed by atoms with Gasteiger partial charge in [0.15, 0.2) is 0 Å². The van der Waals surface area contributed by atoms with Crippen LogP contribution in [0.1, 0.15) is 17.4 Å². The number of rotatable bonds is 3. The molecule has 0 fully saturated rings. The van der Waals surface area contributed by atoms with Crippen LogP contribution in [0, 0.1) is 0 Å².